The van der Waals surface area contributed by atoms with Gasteiger partial charge in [-0.15, -0.1) is 0 Å². The lowest BCUT2D eigenvalue weighted by Gasteiger charge is -2.01. The molecule has 1 aliphatic heterocycles. The Morgan fingerprint density at radius 2 is 1.73 bits per heavy atom. The van der Waals surface area contributed by atoms with Gasteiger partial charge in [0.15, 0.2) is 0 Å². The smallest absolute Gasteiger partial charge is 0.150 e. The zero-order valence-corrected chi connectivity index (χ0v) is 9.15. The first-order chi connectivity index (χ1) is 7.22. The van der Waals surface area contributed by atoms with E-state index in [-0.39, 0.29) is 0 Å². The van der Waals surface area contributed by atoms with Gasteiger partial charge in [-0.25, -0.2) is 0 Å². The fraction of sp³-hybridized carbons (Fsp3) is 0.417. The molecule has 2 rings (SSSR count). The topological polar surface area (TPSA) is 46.3 Å². The van der Waals surface area contributed by atoms with E-state index in [4.69, 9.17) is 5.73 Å². The average Bonchev–Trinajstić information content (AvgIpc) is 2.71. The van der Waals surface area contributed by atoms with E-state index in [2.05, 4.69) is 11.9 Å². The van der Waals surface area contributed by atoms with Crippen LogP contribution >= 0.6 is 0 Å². The number of likely N-dealkylation sites (tertiary alicyclic amines) is 1. The van der Waals surface area contributed by atoms with Crippen LogP contribution in [0.4, 0.5) is 5.69 Å². The first-order valence-corrected chi connectivity index (χ1v) is 5.21. The van der Waals surface area contributed by atoms with Gasteiger partial charge in [0.25, 0.3) is 0 Å². The number of carbonyl (C=O) groups excluding carboxylic acids is 1. The van der Waals surface area contributed by atoms with Crippen molar-refractivity contribution in [1.82, 2.24) is 4.90 Å². The number of rotatable bonds is 1. The van der Waals surface area contributed by atoms with Gasteiger partial charge in [-0.2, -0.15) is 0 Å². The van der Waals surface area contributed by atoms with Gasteiger partial charge in [-0.1, -0.05) is 0 Å². The summed E-state index contributed by atoms with van der Waals surface area (Å²) in [5.41, 5.74) is 6.70. The quantitative estimate of drug-likeness (QED) is 0.563. The minimum Gasteiger partial charge on any atom is -0.399 e. The maximum absolute atomic E-state index is 10.1. The summed E-state index contributed by atoms with van der Waals surface area (Å²) >= 11 is 0. The average molecular weight is 206 g/mol. The van der Waals surface area contributed by atoms with Gasteiger partial charge < -0.3 is 10.6 Å². The van der Waals surface area contributed by atoms with E-state index >= 15 is 0 Å². The van der Waals surface area contributed by atoms with Gasteiger partial charge in [-0.05, 0) is 57.2 Å². The van der Waals surface area contributed by atoms with Crippen LogP contribution in [-0.4, -0.2) is 31.3 Å². The summed E-state index contributed by atoms with van der Waals surface area (Å²) in [5.74, 6) is 0. The fourth-order valence-corrected chi connectivity index (χ4v) is 1.45. The molecule has 0 unspecified atom stereocenters. The largest absolute Gasteiger partial charge is 0.399 e. The number of nitrogens with zero attached hydrogens (tertiary/aromatic N) is 1. The van der Waals surface area contributed by atoms with E-state index < -0.39 is 0 Å². The highest BCUT2D eigenvalue weighted by Gasteiger charge is 2.03. The predicted octanol–water partition coefficient (Wildman–Crippen LogP) is 1.79. The van der Waals surface area contributed by atoms with Crippen molar-refractivity contribution >= 4 is 12.0 Å². The Morgan fingerprint density at radius 3 is 2.07 bits per heavy atom. The minimum atomic E-state index is 0.657. The standard InChI is InChI=1S/C7H7NO.C5H11N/c8-7-3-1-6(5-9)2-4-7;1-6-4-2-3-5-6/h1-5H,8H2;2-5H2,1H3. The zero-order chi connectivity index (χ0) is 11.1. The van der Waals surface area contributed by atoms with Crippen molar-refractivity contribution in [1.29, 1.82) is 0 Å². The zero-order valence-electron chi connectivity index (χ0n) is 9.15. The molecule has 0 amide bonds. The molecular weight excluding hydrogens is 188 g/mol. The Kier molecular flexibility index (Phi) is 4.84. The third kappa shape index (κ3) is 4.61. The predicted molar refractivity (Wildman–Crippen MR) is 63.0 cm³/mol. The van der Waals surface area contributed by atoms with Gasteiger partial charge in [0.2, 0.25) is 0 Å². The van der Waals surface area contributed by atoms with Crippen LogP contribution in [0.25, 0.3) is 0 Å². The molecule has 1 aromatic rings. The van der Waals surface area contributed by atoms with Crippen LogP contribution in [0.3, 0.4) is 0 Å². The summed E-state index contributed by atoms with van der Waals surface area (Å²) in [6.45, 7) is 2.64. The number of aldehydes is 1. The molecule has 2 N–H and O–H groups in total. The molecule has 3 heteroatoms. The van der Waals surface area contributed by atoms with Crippen LogP contribution < -0.4 is 5.73 Å². The Bertz CT molecular complexity index is 289. The molecule has 82 valence electrons. The lowest BCUT2D eigenvalue weighted by Crippen LogP contribution is -2.10. The Labute approximate surface area is 90.9 Å². The van der Waals surface area contributed by atoms with Gasteiger partial charge in [0, 0.05) is 11.3 Å². The summed E-state index contributed by atoms with van der Waals surface area (Å²) in [6.07, 6.45) is 3.62. The molecule has 0 saturated carbocycles. The molecule has 0 bridgehead atoms. The van der Waals surface area contributed by atoms with Crippen molar-refractivity contribution in [3.63, 3.8) is 0 Å². The Morgan fingerprint density at radius 1 is 1.20 bits per heavy atom. The first-order valence-electron chi connectivity index (χ1n) is 5.21. The number of hydrogen-bond donors (Lipinski definition) is 1. The number of hydrogen-bond acceptors (Lipinski definition) is 3. The molecule has 1 fully saturated rings. The normalized spacial score (nSPS) is 15.5. The van der Waals surface area contributed by atoms with Crippen LogP contribution in [0.15, 0.2) is 24.3 Å². The monoisotopic (exact) mass is 206 g/mol. The van der Waals surface area contributed by atoms with Crippen LogP contribution in [-0.2, 0) is 0 Å². The molecule has 1 heterocycles. The van der Waals surface area contributed by atoms with E-state index in [9.17, 15) is 4.79 Å². The van der Waals surface area contributed by atoms with E-state index in [0.717, 1.165) is 6.29 Å². The van der Waals surface area contributed by atoms with Crippen molar-refractivity contribution < 1.29 is 4.79 Å². The first kappa shape index (κ1) is 11.7. The van der Waals surface area contributed by atoms with Crippen LogP contribution in [0.5, 0.6) is 0 Å². The third-order valence-corrected chi connectivity index (χ3v) is 2.40. The summed E-state index contributed by atoms with van der Waals surface area (Å²) in [7, 11) is 2.17. The highest BCUT2D eigenvalue weighted by Crippen LogP contribution is 2.02. The SMILES string of the molecule is CN1CCCC1.Nc1ccc(C=O)cc1. The molecule has 0 atom stereocenters. The summed E-state index contributed by atoms with van der Waals surface area (Å²) in [6, 6.07) is 6.76. The van der Waals surface area contributed by atoms with Crippen LogP contribution in [0.1, 0.15) is 23.2 Å². The molecule has 1 aliphatic rings. The lowest BCUT2D eigenvalue weighted by molar-refractivity contribution is 0.112. The summed E-state index contributed by atoms with van der Waals surface area (Å²) in [4.78, 5) is 12.4. The van der Waals surface area contributed by atoms with E-state index in [1.54, 1.807) is 24.3 Å². The molecule has 0 aromatic heterocycles. The van der Waals surface area contributed by atoms with Crippen molar-refractivity contribution in [2.75, 3.05) is 25.9 Å². The molecule has 15 heavy (non-hydrogen) atoms. The second kappa shape index (κ2) is 6.19. The minimum absolute atomic E-state index is 0.657. The van der Waals surface area contributed by atoms with Crippen LogP contribution in [0, 0.1) is 0 Å². The lowest BCUT2D eigenvalue weighted by atomic mass is 10.2. The third-order valence-electron chi connectivity index (χ3n) is 2.40. The highest BCUT2D eigenvalue weighted by molar-refractivity contribution is 5.75. The number of carbonyl (C=O) groups is 1. The number of nitrogen functional groups attached to an aromatic ring is 1. The molecule has 0 radical (unpaired) electrons. The fourth-order valence-electron chi connectivity index (χ4n) is 1.45. The molecule has 0 aliphatic carbocycles. The van der Waals surface area contributed by atoms with Crippen molar-refractivity contribution in [3.8, 4) is 0 Å². The van der Waals surface area contributed by atoms with Gasteiger partial charge in [0.1, 0.15) is 6.29 Å². The van der Waals surface area contributed by atoms with Crippen molar-refractivity contribution in [2.45, 2.75) is 12.8 Å². The second-order valence-electron chi connectivity index (χ2n) is 3.79. The van der Waals surface area contributed by atoms with E-state index in [0.29, 0.717) is 11.3 Å². The summed E-state index contributed by atoms with van der Waals surface area (Å²) < 4.78 is 0. The van der Waals surface area contributed by atoms with E-state index in [1.165, 1.54) is 25.9 Å². The second-order valence-corrected chi connectivity index (χ2v) is 3.79. The van der Waals surface area contributed by atoms with E-state index in [1.807, 2.05) is 0 Å². The molecule has 0 spiro atoms. The van der Waals surface area contributed by atoms with Gasteiger partial charge >= 0.3 is 0 Å². The number of nitrogens with two attached hydrogens (primary N) is 1. The molecular formula is C12H18N2O. The van der Waals surface area contributed by atoms with Gasteiger partial charge in [-0.3, -0.25) is 4.79 Å². The molecule has 1 aromatic carbocycles. The molecule has 1 saturated heterocycles. The Balaban J connectivity index is 0.000000162. The van der Waals surface area contributed by atoms with Crippen molar-refractivity contribution in [3.05, 3.63) is 29.8 Å². The number of benzene rings is 1. The summed E-state index contributed by atoms with van der Waals surface area (Å²) in [5, 5.41) is 0. The maximum Gasteiger partial charge on any atom is 0.150 e. The van der Waals surface area contributed by atoms with Crippen LogP contribution in [0.2, 0.25) is 0 Å². The highest BCUT2D eigenvalue weighted by atomic mass is 16.1. The molecule has 3 nitrogen and oxygen atoms in total. The maximum atomic E-state index is 10.1. The number of anilines is 1. The van der Waals surface area contributed by atoms with Crippen molar-refractivity contribution in [2.24, 2.45) is 0 Å². The van der Waals surface area contributed by atoms with Gasteiger partial charge in [0.05, 0.1) is 0 Å². The Hall–Kier alpha value is -1.35.